The second kappa shape index (κ2) is 4.74. The van der Waals surface area contributed by atoms with Gasteiger partial charge in [0.05, 0.1) is 19.3 Å². The van der Waals surface area contributed by atoms with E-state index in [-0.39, 0.29) is 0 Å². The van der Waals surface area contributed by atoms with Crippen LogP contribution in [0.1, 0.15) is 19.8 Å². The molecule has 0 radical (unpaired) electrons. The molecule has 0 saturated heterocycles. The molecule has 76 valence electrons. The lowest BCUT2D eigenvalue weighted by Crippen LogP contribution is -2.46. The lowest BCUT2D eigenvalue weighted by molar-refractivity contribution is -0.143. The molecule has 1 heterocycles. The van der Waals surface area contributed by atoms with Crippen LogP contribution in [-0.2, 0) is 9.47 Å². The summed E-state index contributed by atoms with van der Waals surface area (Å²) in [5, 5.41) is 9.64. The van der Waals surface area contributed by atoms with Crippen molar-refractivity contribution in [2.75, 3.05) is 20.3 Å². The normalized spacial score (nSPS) is 31.3. The van der Waals surface area contributed by atoms with Gasteiger partial charge in [-0.2, -0.15) is 0 Å². The van der Waals surface area contributed by atoms with Gasteiger partial charge in [0, 0.05) is 7.11 Å². The van der Waals surface area contributed by atoms with Crippen LogP contribution in [0, 0.1) is 0 Å². The van der Waals surface area contributed by atoms with Gasteiger partial charge in [-0.15, -0.1) is 0 Å². The highest BCUT2D eigenvalue weighted by atomic mass is 16.5. The highest BCUT2D eigenvalue weighted by molar-refractivity contribution is 4.98. The van der Waals surface area contributed by atoms with Crippen molar-refractivity contribution in [3.8, 4) is 0 Å². The van der Waals surface area contributed by atoms with E-state index in [0.717, 1.165) is 12.8 Å². The van der Waals surface area contributed by atoms with Crippen LogP contribution in [0.25, 0.3) is 0 Å². The molecule has 13 heavy (non-hydrogen) atoms. The molecule has 0 aromatic carbocycles. The fraction of sp³-hybridized carbons (Fsp3) is 0.800. The number of hydrogen-bond acceptors (Lipinski definition) is 3. The molecule has 2 unspecified atom stereocenters. The van der Waals surface area contributed by atoms with Crippen molar-refractivity contribution in [2.45, 2.75) is 31.5 Å². The summed E-state index contributed by atoms with van der Waals surface area (Å²) < 4.78 is 10.7. The van der Waals surface area contributed by atoms with Gasteiger partial charge in [0.25, 0.3) is 0 Å². The number of hydrogen-bond donors (Lipinski definition) is 1. The third-order valence-corrected chi connectivity index (χ3v) is 2.45. The van der Waals surface area contributed by atoms with Gasteiger partial charge in [-0.1, -0.05) is 12.2 Å². The molecule has 1 aliphatic heterocycles. The third kappa shape index (κ3) is 2.53. The molecule has 0 spiro atoms. The van der Waals surface area contributed by atoms with Gasteiger partial charge in [-0.05, 0) is 19.8 Å². The van der Waals surface area contributed by atoms with Crippen molar-refractivity contribution in [1.82, 2.24) is 0 Å². The van der Waals surface area contributed by atoms with Crippen molar-refractivity contribution in [1.29, 1.82) is 0 Å². The Morgan fingerprint density at radius 1 is 1.62 bits per heavy atom. The summed E-state index contributed by atoms with van der Waals surface area (Å²) in [5.74, 6) is 0. The van der Waals surface area contributed by atoms with Crippen molar-refractivity contribution in [3.63, 3.8) is 0 Å². The Labute approximate surface area is 79.3 Å². The van der Waals surface area contributed by atoms with Gasteiger partial charge < -0.3 is 14.6 Å². The zero-order valence-electron chi connectivity index (χ0n) is 8.32. The summed E-state index contributed by atoms with van der Waals surface area (Å²) in [6.45, 7) is 2.85. The number of ether oxygens (including phenoxy) is 2. The maximum absolute atomic E-state index is 9.64. The van der Waals surface area contributed by atoms with Crippen LogP contribution in [0.3, 0.4) is 0 Å². The van der Waals surface area contributed by atoms with E-state index in [0.29, 0.717) is 13.2 Å². The first-order chi connectivity index (χ1) is 6.21. The van der Waals surface area contributed by atoms with E-state index >= 15 is 0 Å². The van der Waals surface area contributed by atoms with Crippen molar-refractivity contribution < 1.29 is 14.6 Å². The minimum absolute atomic E-state index is 0.439. The van der Waals surface area contributed by atoms with Crippen molar-refractivity contribution >= 4 is 0 Å². The standard InChI is InChI=1S/C10H18O3/c1-9(11)10(8-12-2)6-4-3-5-7-13-10/h3-4,9,11H,5-8H2,1-2H3. The molecule has 0 aromatic heterocycles. The molecule has 3 heteroatoms. The zero-order valence-corrected chi connectivity index (χ0v) is 8.32. The van der Waals surface area contributed by atoms with Crippen LogP contribution < -0.4 is 0 Å². The Balaban J connectivity index is 2.68. The van der Waals surface area contributed by atoms with Crippen molar-refractivity contribution in [3.05, 3.63) is 12.2 Å². The van der Waals surface area contributed by atoms with Gasteiger partial charge in [-0.25, -0.2) is 0 Å². The van der Waals surface area contributed by atoms with Crippen LogP contribution in [0.5, 0.6) is 0 Å². The molecule has 0 bridgehead atoms. The van der Waals surface area contributed by atoms with Gasteiger partial charge >= 0.3 is 0 Å². The summed E-state index contributed by atoms with van der Waals surface area (Å²) in [4.78, 5) is 0. The number of methoxy groups -OCH3 is 1. The Kier molecular flexibility index (Phi) is 3.90. The lowest BCUT2D eigenvalue weighted by Gasteiger charge is -2.34. The minimum atomic E-state index is -0.540. The monoisotopic (exact) mass is 186 g/mol. The molecule has 0 amide bonds. The molecule has 0 aromatic rings. The fourth-order valence-electron chi connectivity index (χ4n) is 1.55. The number of rotatable bonds is 3. The van der Waals surface area contributed by atoms with Crippen LogP contribution in [0.4, 0.5) is 0 Å². The van der Waals surface area contributed by atoms with Gasteiger partial charge in [-0.3, -0.25) is 0 Å². The number of aliphatic hydroxyl groups excluding tert-OH is 1. The molecule has 0 saturated carbocycles. The summed E-state index contributed by atoms with van der Waals surface area (Å²) in [5.41, 5.74) is -0.540. The minimum Gasteiger partial charge on any atom is -0.390 e. The van der Waals surface area contributed by atoms with E-state index < -0.39 is 11.7 Å². The van der Waals surface area contributed by atoms with Gasteiger partial charge in [0.2, 0.25) is 0 Å². The second-order valence-corrected chi connectivity index (χ2v) is 3.49. The number of aliphatic hydroxyl groups is 1. The fourth-order valence-corrected chi connectivity index (χ4v) is 1.55. The summed E-state index contributed by atoms with van der Waals surface area (Å²) in [6, 6.07) is 0. The molecule has 1 rings (SSSR count). The van der Waals surface area contributed by atoms with Crippen molar-refractivity contribution in [2.24, 2.45) is 0 Å². The zero-order chi connectivity index (χ0) is 9.73. The van der Waals surface area contributed by atoms with E-state index in [2.05, 4.69) is 12.2 Å². The Hall–Kier alpha value is -0.380. The second-order valence-electron chi connectivity index (χ2n) is 3.49. The van der Waals surface area contributed by atoms with E-state index in [1.807, 2.05) is 0 Å². The SMILES string of the molecule is COCC1(C(C)O)CC=CCCO1. The maximum Gasteiger partial charge on any atom is 0.120 e. The highest BCUT2D eigenvalue weighted by Crippen LogP contribution is 2.24. The van der Waals surface area contributed by atoms with E-state index in [1.165, 1.54) is 0 Å². The predicted octanol–water partition coefficient (Wildman–Crippen LogP) is 1.12. The molecule has 3 nitrogen and oxygen atoms in total. The van der Waals surface area contributed by atoms with Crippen LogP contribution >= 0.6 is 0 Å². The first-order valence-electron chi connectivity index (χ1n) is 4.67. The lowest BCUT2D eigenvalue weighted by atomic mass is 9.94. The third-order valence-electron chi connectivity index (χ3n) is 2.45. The van der Waals surface area contributed by atoms with Crippen LogP contribution in [0.15, 0.2) is 12.2 Å². The average Bonchev–Trinajstić information content (AvgIpc) is 2.31. The molecule has 2 atom stereocenters. The van der Waals surface area contributed by atoms with E-state index in [4.69, 9.17) is 9.47 Å². The molecule has 1 aliphatic rings. The topological polar surface area (TPSA) is 38.7 Å². The highest BCUT2D eigenvalue weighted by Gasteiger charge is 2.36. The van der Waals surface area contributed by atoms with E-state index in [9.17, 15) is 5.11 Å². The Bertz CT molecular complexity index is 177. The largest absolute Gasteiger partial charge is 0.390 e. The van der Waals surface area contributed by atoms with Gasteiger partial charge in [0.1, 0.15) is 5.60 Å². The quantitative estimate of drug-likeness (QED) is 0.671. The average molecular weight is 186 g/mol. The summed E-state index contributed by atoms with van der Waals surface area (Å²) in [6.07, 6.45) is 5.27. The first kappa shape index (κ1) is 10.7. The van der Waals surface area contributed by atoms with Crippen LogP contribution in [0.2, 0.25) is 0 Å². The first-order valence-corrected chi connectivity index (χ1v) is 4.67. The summed E-state index contributed by atoms with van der Waals surface area (Å²) in [7, 11) is 1.63. The Morgan fingerprint density at radius 3 is 3.00 bits per heavy atom. The summed E-state index contributed by atoms with van der Waals surface area (Å²) >= 11 is 0. The molecule has 0 fully saturated rings. The Morgan fingerprint density at radius 2 is 2.38 bits per heavy atom. The molecular weight excluding hydrogens is 168 g/mol. The molecular formula is C10H18O3. The predicted molar refractivity (Wildman–Crippen MR) is 50.6 cm³/mol. The molecule has 1 N–H and O–H groups in total. The smallest absolute Gasteiger partial charge is 0.120 e. The van der Waals surface area contributed by atoms with Crippen LogP contribution in [-0.4, -0.2) is 37.1 Å². The molecule has 0 aliphatic carbocycles. The van der Waals surface area contributed by atoms with Gasteiger partial charge in [0.15, 0.2) is 0 Å². The maximum atomic E-state index is 9.64. The van der Waals surface area contributed by atoms with E-state index in [1.54, 1.807) is 14.0 Å².